The van der Waals surface area contributed by atoms with Crippen LogP contribution in [0.1, 0.15) is 35.2 Å². The molecule has 0 spiro atoms. The Labute approximate surface area is 156 Å². The maximum absolute atomic E-state index is 12.4. The summed E-state index contributed by atoms with van der Waals surface area (Å²) in [6.07, 6.45) is 3.56. The number of carbonyl (C=O) groups is 2. The molecule has 2 aliphatic rings. The number of nitrogen functional groups attached to an aromatic ring is 1. The van der Waals surface area contributed by atoms with Gasteiger partial charge in [-0.1, -0.05) is 12.1 Å². The van der Waals surface area contributed by atoms with Crippen molar-refractivity contribution in [3.8, 4) is 0 Å². The molecule has 0 radical (unpaired) electrons. The summed E-state index contributed by atoms with van der Waals surface area (Å²) >= 11 is 0. The van der Waals surface area contributed by atoms with Crippen LogP contribution in [0.5, 0.6) is 0 Å². The number of amidine groups is 1. The zero-order valence-electron chi connectivity index (χ0n) is 14.7. The van der Waals surface area contributed by atoms with Crippen molar-refractivity contribution in [2.75, 3.05) is 13.2 Å². The average Bonchev–Trinajstić information content (AvgIpc) is 2.66. The fraction of sp³-hybridized carbons (Fsp3) is 0.316. The van der Waals surface area contributed by atoms with Crippen LogP contribution >= 0.6 is 0 Å². The Morgan fingerprint density at radius 1 is 1.26 bits per heavy atom. The van der Waals surface area contributed by atoms with E-state index < -0.39 is 5.97 Å². The number of nitrogens with two attached hydrogens (primary N) is 1. The Morgan fingerprint density at radius 3 is 2.63 bits per heavy atom. The monoisotopic (exact) mass is 371 g/mol. The summed E-state index contributed by atoms with van der Waals surface area (Å²) in [4.78, 5) is 23.0. The van der Waals surface area contributed by atoms with Gasteiger partial charge in [0.25, 0.3) is 5.91 Å². The molecule has 8 heteroatoms. The third kappa shape index (κ3) is 4.73. The SMILES string of the molecule is N=C(N)c1ccc(C(=O)NC2=CC3=C(CC2)CC(OCC(=O)O)CO3)cc1. The fourth-order valence-electron chi connectivity index (χ4n) is 3.02. The molecule has 0 bridgehead atoms. The first-order valence-corrected chi connectivity index (χ1v) is 8.57. The summed E-state index contributed by atoms with van der Waals surface area (Å²) in [5.41, 5.74) is 8.29. The average molecular weight is 371 g/mol. The molecule has 1 amide bonds. The minimum atomic E-state index is -1.00. The predicted octanol–water partition coefficient (Wildman–Crippen LogP) is 1.52. The summed E-state index contributed by atoms with van der Waals surface area (Å²) in [5, 5.41) is 18.9. The maximum Gasteiger partial charge on any atom is 0.329 e. The molecule has 1 aliphatic heterocycles. The summed E-state index contributed by atoms with van der Waals surface area (Å²) < 4.78 is 11.0. The van der Waals surface area contributed by atoms with Crippen molar-refractivity contribution in [3.63, 3.8) is 0 Å². The number of aliphatic carboxylic acids is 1. The van der Waals surface area contributed by atoms with Crippen molar-refractivity contribution in [1.82, 2.24) is 5.32 Å². The molecule has 0 saturated carbocycles. The summed E-state index contributed by atoms with van der Waals surface area (Å²) in [6, 6.07) is 6.52. The number of amides is 1. The second-order valence-electron chi connectivity index (χ2n) is 6.42. The first-order valence-electron chi connectivity index (χ1n) is 8.57. The van der Waals surface area contributed by atoms with Gasteiger partial charge in [0.2, 0.25) is 0 Å². The van der Waals surface area contributed by atoms with Crippen LogP contribution in [0.4, 0.5) is 0 Å². The lowest BCUT2D eigenvalue weighted by Crippen LogP contribution is -2.30. The molecule has 1 heterocycles. The van der Waals surface area contributed by atoms with Crippen LogP contribution in [0.25, 0.3) is 0 Å². The Balaban J connectivity index is 1.61. The van der Waals surface area contributed by atoms with Gasteiger partial charge in [0.05, 0.1) is 6.10 Å². The van der Waals surface area contributed by atoms with Gasteiger partial charge in [0, 0.05) is 23.2 Å². The largest absolute Gasteiger partial charge is 0.491 e. The van der Waals surface area contributed by atoms with Crippen molar-refractivity contribution < 1.29 is 24.2 Å². The van der Waals surface area contributed by atoms with E-state index in [4.69, 9.17) is 25.7 Å². The van der Waals surface area contributed by atoms with Gasteiger partial charge in [0.15, 0.2) is 0 Å². The standard InChI is InChI=1S/C19H21N3O5/c20-18(21)11-1-3-12(4-2-11)19(25)22-14-6-5-13-7-15(26-10-17(23)24)9-27-16(13)8-14/h1-4,8,15H,5-7,9-10H2,(H3,20,21)(H,22,25)(H,23,24). The van der Waals surface area contributed by atoms with Gasteiger partial charge < -0.3 is 25.6 Å². The molecule has 5 N–H and O–H groups in total. The molecule has 0 aromatic heterocycles. The Bertz CT molecular complexity index is 826. The predicted molar refractivity (Wildman–Crippen MR) is 97.2 cm³/mol. The minimum absolute atomic E-state index is 0.0449. The second kappa shape index (κ2) is 8.05. The fourth-order valence-corrected chi connectivity index (χ4v) is 3.02. The normalized spacial score (nSPS) is 18.8. The summed E-state index contributed by atoms with van der Waals surface area (Å²) in [5.74, 6) is -0.561. The number of rotatable bonds is 6. The lowest BCUT2D eigenvalue weighted by molar-refractivity contribution is -0.145. The number of carboxylic acid groups (broad SMARTS) is 1. The number of benzene rings is 1. The van der Waals surface area contributed by atoms with Crippen LogP contribution < -0.4 is 11.1 Å². The molecule has 142 valence electrons. The van der Waals surface area contributed by atoms with Gasteiger partial charge in [0.1, 0.15) is 24.8 Å². The van der Waals surface area contributed by atoms with Crippen LogP contribution in [-0.4, -0.2) is 42.1 Å². The van der Waals surface area contributed by atoms with E-state index in [1.54, 1.807) is 24.3 Å². The molecule has 1 aromatic carbocycles. The van der Waals surface area contributed by atoms with Crippen LogP contribution in [0, 0.1) is 5.41 Å². The zero-order valence-corrected chi connectivity index (χ0v) is 14.7. The molecule has 1 aromatic rings. The van der Waals surface area contributed by atoms with E-state index in [-0.39, 0.29) is 31.1 Å². The number of ether oxygens (including phenoxy) is 2. The smallest absolute Gasteiger partial charge is 0.329 e. The number of carboxylic acids is 1. The number of nitrogens with one attached hydrogen (secondary N) is 2. The lowest BCUT2D eigenvalue weighted by atomic mass is 9.94. The van der Waals surface area contributed by atoms with Gasteiger partial charge in [-0.3, -0.25) is 10.2 Å². The molecular formula is C19H21N3O5. The molecule has 0 saturated heterocycles. The summed E-state index contributed by atoms with van der Waals surface area (Å²) in [7, 11) is 0. The summed E-state index contributed by atoms with van der Waals surface area (Å²) in [6.45, 7) is -0.0491. The Hall–Kier alpha value is -3.13. The molecule has 27 heavy (non-hydrogen) atoms. The lowest BCUT2D eigenvalue weighted by Gasteiger charge is -2.29. The van der Waals surface area contributed by atoms with Gasteiger partial charge in [-0.25, -0.2) is 4.79 Å². The highest BCUT2D eigenvalue weighted by atomic mass is 16.5. The first kappa shape index (κ1) is 18.7. The molecular weight excluding hydrogens is 350 g/mol. The molecule has 1 unspecified atom stereocenters. The number of carbonyl (C=O) groups excluding carboxylic acids is 1. The number of hydrogen-bond acceptors (Lipinski definition) is 5. The van der Waals surface area contributed by atoms with E-state index in [2.05, 4.69) is 5.32 Å². The molecule has 1 atom stereocenters. The van der Waals surface area contributed by atoms with Crippen molar-refractivity contribution in [2.45, 2.75) is 25.4 Å². The zero-order chi connectivity index (χ0) is 19.4. The molecule has 3 rings (SSSR count). The van der Waals surface area contributed by atoms with E-state index in [9.17, 15) is 9.59 Å². The highest BCUT2D eigenvalue weighted by Crippen LogP contribution is 2.31. The number of allylic oxidation sites excluding steroid dienone is 2. The Kier molecular flexibility index (Phi) is 5.56. The van der Waals surface area contributed by atoms with E-state index in [1.807, 2.05) is 6.08 Å². The van der Waals surface area contributed by atoms with Gasteiger partial charge in [-0.05, 0) is 36.6 Å². The molecule has 8 nitrogen and oxygen atoms in total. The van der Waals surface area contributed by atoms with E-state index in [0.29, 0.717) is 24.0 Å². The maximum atomic E-state index is 12.4. The van der Waals surface area contributed by atoms with Crippen molar-refractivity contribution in [1.29, 1.82) is 5.41 Å². The van der Waals surface area contributed by atoms with Crippen LogP contribution in [-0.2, 0) is 14.3 Å². The van der Waals surface area contributed by atoms with Crippen LogP contribution in [0.3, 0.4) is 0 Å². The van der Waals surface area contributed by atoms with Crippen molar-refractivity contribution in [3.05, 3.63) is 58.5 Å². The molecule has 0 fully saturated rings. The topological polar surface area (TPSA) is 135 Å². The third-order valence-corrected chi connectivity index (χ3v) is 4.42. The number of hydrogen-bond donors (Lipinski definition) is 4. The van der Waals surface area contributed by atoms with Crippen LogP contribution in [0.2, 0.25) is 0 Å². The van der Waals surface area contributed by atoms with Gasteiger partial charge >= 0.3 is 5.97 Å². The van der Waals surface area contributed by atoms with Crippen LogP contribution in [0.15, 0.2) is 47.4 Å². The van der Waals surface area contributed by atoms with E-state index in [1.165, 1.54) is 0 Å². The quantitative estimate of drug-likeness (QED) is 0.442. The third-order valence-electron chi connectivity index (χ3n) is 4.42. The van der Waals surface area contributed by atoms with E-state index in [0.717, 1.165) is 23.5 Å². The highest BCUT2D eigenvalue weighted by molar-refractivity contribution is 5.98. The van der Waals surface area contributed by atoms with Crippen molar-refractivity contribution >= 4 is 17.7 Å². The minimum Gasteiger partial charge on any atom is -0.491 e. The highest BCUT2D eigenvalue weighted by Gasteiger charge is 2.26. The van der Waals surface area contributed by atoms with Crippen molar-refractivity contribution in [2.24, 2.45) is 5.73 Å². The van der Waals surface area contributed by atoms with E-state index >= 15 is 0 Å². The Morgan fingerprint density at radius 2 is 1.96 bits per heavy atom. The van der Waals surface area contributed by atoms with Gasteiger partial charge in [-0.15, -0.1) is 0 Å². The first-order chi connectivity index (χ1) is 12.9. The van der Waals surface area contributed by atoms with Gasteiger partial charge in [-0.2, -0.15) is 0 Å². The second-order valence-corrected chi connectivity index (χ2v) is 6.42. The molecule has 1 aliphatic carbocycles.